The summed E-state index contributed by atoms with van der Waals surface area (Å²) in [6, 6.07) is 9.33. The third-order valence-corrected chi connectivity index (χ3v) is 3.16. The van der Waals surface area contributed by atoms with E-state index in [0.717, 1.165) is 5.69 Å². The zero-order chi connectivity index (χ0) is 11.7. The molecule has 1 heterocycles. The minimum atomic E-state index is -0.253. The maximum atomic E-state index is 12.1. The van der Waals surface area contributed by atoms with Gasteiger partial charge in [-0.25, -0.2) is 0 Å². The molecule has 1 aliphatic heterocycles. The number of nitrogens with zero attached hydrogens (tertiary/aromatic N) is 2. The number of aliphatic imine (C=N–C) groups is 1. The van der Waals surface area contributed by atoms with Gasteiger partial charge in [0.15, 0.2) is 0 Å². The molecule has 0 bridgehead atoms. The molecule has 0 N–H and O–H groups in total. The number of benzene rings is 1. The van der Waals surface area contributed by atoms with Gasteiger partial charge in [0, 0.05) is 0 Å². The van der Waals surface area contributed by atoms with Crippen molar-refractivity contribution < 1.29 is 4.79 Å². The third kappa shape index (κ3) is 1.91. The van der Waals surface area contributed by atoms with E-state index in [0.29, 0.717) is 4.73 Å². The third-order valence-electron chi connectivity index (χ3n) is 2.56. The van der Waals surface area contributed by atoms with Gasteiger partial charge in [0.25, 0.3) is 0 Å². The Bertz CT molecular complexity index is 428. The van der Waals surface area contributed by atoms with E-state index in [1.165, 1.54) is 0 Å². The van der Waals surface area contributed by atoms with Crippen molar-refractivity contribution in [1.29, 1.82) is 0 Å². The van der Waals surface area contributed by atoms with Crippen LogP contribution >= 0.6 is 0 Å². The average Bonchev–Trinajstić information content (AvgIpc) is 2.56. The predicted octanol–water partition coefficient (Wildman–Crippen LogP) is 1.58. The molecule has 4 heteroatoms. The topological polar surface area (TPSA) is 32.7 Å². The van der Waals surface area contributed by atoms with Gasteiger partial charge in [-0.3, -0.25) is 0 Å². The van der Waals surface area contributed by atoms with Crippen LogP contribution in [-0.4, -0.2) is 32.7 Å². The Morgan fingerprint density at radius 3 is 2.44 bits per heavy atom. The number of hydrogen-bond acceptors (Lipinski definition) is 2. The first-order chi connectivity index (χ1) is 7.61. The van der Waals surface area contributed by atoms with Crippen molar-refractivity contribution in [3.63, 3.8) is 0 Å². The second-order valence-corrected chi connectivity index (χ2v) is 4.88. The molecule has 1 aromatic carbocycles. The molecule has 1 aliphatic rings. The predicted molar refractivity (Wildman–Crippen MR) is 65.7 cm³/mol. The fraction of sp³-hybridized carbons (Fsp3) is 0.333. The van der Waals surface area contributed by atoms with Gasteiger partial charge in [-0.2, -0.15) is 0 Å². The van der Waals surface area contributed by atoms with Crippen LogP contribution in [0.4, 0.5) is 5.69 Å². The first-order valence-electron chi connectivity index (χ1n) is 5.25. The Balaban J connectivity index is 2.32. The van der Waals surface area contributed by atoms with Gasteiger partial charge >= 0.3 is 103 Å². The van der Waals surface area contributed by atoms with E-state index in [1.807, 2.05) is 44.2 Å². The second kappa shape index (κ2) is 4.40. The van der Waals surface area contributed by atoms with E-state index in [4.69, 9.17) is 0 Å². The zero-order valence-electron chi connectivity index (χ0n) is 9.25. The fourth-order valence-electron chi connectivity index (χ4n) is 1.71. The van der Waals surface area contributed by atoms with Gasteiger partial charge < -0.3 is 0 Å². The van der Waals surface area contributed by atoms with Crippen LogP contribution < -0.4 is 4.90 Å². The summed E-state index contributed by atoms with van der Waals surface area (Å²) in [5.41, 5.74) is 0.869. The number of amidine groups is 1. The molecule has 1 atom stereocenters. The van der Waals surface area contributed by atoms with Gasteiger partial charge in [-0.05, 0) is 0 Å². The second-order valence-electron chi connectivity index (χ2n) is 4.11. The summed E-state index contributed by atoms with van der Waals surface area (Å²) in [5.74, 6) is 0.277. The summed E-state index contributed by atoms with van der Waals surface area (Å²) >= 11 is 2.86. The van der Waals surface area contributed by atoms with Crippen LogP contribution in [0.5, 0.6) is 0 Å². The van der Waals surface area contributed by atoms with Crippen LogP contribution in [-0.2, 0) is 4.79 Å². The molecule has 0 spiro atoms. The zero-order valence-corrected chi connectivity index (χ0v) is 11.0. The van der Waals surface area contributed by atoms with Gasteiger partial charge in [-0.15, -0.1) is 0 Å². The Morgan fingerprint density at radius 2 is 1.94 bits per heavy atom. The Labute approximate surface area is 103 Å². The van der Waals surface area contributed by atoms with Crippen LogP contribution in [0.25, 0.3) is 0 Å². The first kappa shape index (κ1) is 11.4. The van der Waals surface area contributed by atoms with Gasteiger partial charge in [0.1, 0.15) is 0 Å². The van der Waals surface area contributed by atoms with Gasteiger partial charge in [-0.1, -0.05) is 0 Å². The molecule has 0 fully saturated rings. The van der Waals surface area contributed by atoms with Crippen molar-refractivity contribution in [1.82, 2.24) is 0 Å². The van der Waals surface area contributed by atoms with Crippen LogP contribution in [0, 0.1) is 5.92 Å². The van der Waals surface area contributed by atoms with Crippen molar-refractivity contribution in [2.24, 2.45) is 10.9 Å². The van der Waals surface area contributed by atoms with E-state index < -0.39 is 0 Å². The molecule has 0 aliphatic carbocycles. The Morgan fingerprint density at radius 1 is 1.31 bits per heavy atom. The molecule has 1 radical (unpaired) electrons. The van der Waals surface area contributed by atoms with E-state index in [2.05, 4.69) is 21.0 Å². The molecule has 3 nitrogen and oxygen atoms in total. The van der Waals surface area contributed by atoms with Gasteiger partial charge in [0.2, 0.25) is 0 Å². The number of anilines is 1. The average molecular weight is 280 g/mol. The summed E-state index contributed by atoms with van der Waals surface area (Å²) in [6.07, 6.45) is 0. The molecule has 2 rings (SSSR count). The monoisotopic (exact) mass is 281 g/mol. The molecule has 1 amide bonds. The van der Waals surface area contributed by atoms with E-state index in [9.17, 15) is 4.79 Å². The van der Waals surface area contributed by atoms with E-state index in [-0.39, 0.29) is 17.9 Å². The number of amides is 1. The maximum absolute atomic E-state index is 12.1. The summed E-state index contributed by atoms with van der Waals surface area (Å²) < 4.78 is 0.662. The van der Waals surface area contributed by atoms with Crippen LogP contribution in [0.1, 0.15) is 13.8 Å². The summed E-state index contributed by atoms with van der Waals surface area (Å²) in [7, 11) is 0. The molecular formula is C12H13N2OSe. The summed E-state index contributed by atoms with van der Waals surface area (Å²) in [5, 5.41) is 0. The van der Waals surface area contributed by atoms with Crippen molar-refractivity contribution in [3.05, 3.63) is 30.3 Å². The molecule has 0 unspecified atom stereocenters. The number of carbonyl (C=O) groups is 1. The van der Waals surface area contributed by atoms with Crippen molar-refractivity contribution in [2.45, 2.75) is 19.9 Å². The summed E-state index contributed by atoms with van der Waals surface area (Å²) in [4.78, 5) is 18.2. The molecule has 1 aromatic rings. The molecule has 83 valence electrons. The molecule has 0 saturated carbocycles. The number of carbonyl (C=O) groups excluding carboxylic acids is 1. The molecule has 0 aromatic heterocycles. The minimum absolute atomic E-state index is 0.0509. The van der Waals surface area contributed by atoms with E-state index in [1.54, 1.807) is 4.90 Å². The standard InChI is InChI=1S/C12H13N2OSe/c1-8(2)10-11(15)14(12(16)13-10)9-6-4-3-5-7-9/h3-8,10H,1-2H3/t10-/m0/s1. The fourth-order valence-corrected chi connectivity index (χ4v) is 2.36. The SMILES string of the molecule is CC(C)[C@@H]1N=C([Se])N(c2ccccc2)C1=O. The van der Waals surface area contributed by atoms with E-state index >= 15 is 0 Å². The van der Waals surface area contributed by atoms with Gasteiger partial charge in [0.05, 0.1) is 0 Å². The molecular weight excluding hydrogens is 267 g/mol. The van der Waals surface area contributed by atoms with Crippen LogP contribution in [0.15, 0.2) is 35.3 Å². The number of para-hydroxylation sites is 1. The normalized spacial score (nSPS) is 20.4. The van der Waals surface area contributed by atoms with Crippen molar-refractivity contribution in [3.8, 4) is 0 Å². The van der Waals surface area contributed by atoms with Crippen LogP contribution in [0.2, 0.25) is 0 Å². The molecule has 16 heavy (non-hydrogen) atoms. The van der Waals surface area contributed by atoms with Crippen molar-refractivity contribution >= 4 is 32.3 Å². The van der Waals surface area contributed by atoms with Crippen molar-refractivity contribution in [2.75, 3.05) is 4.90 Å². The number of rotatable bonds is 2. The number of hydrogen-bond donors (Lipinski definition) is 0. The molecule has 0 saturated heterocycles. The quantitative estimate of drug-likeness (QED) is 0.757. The van der Waals surface area contributed by atoms with Crippen LogP contribution in [0.3, 0.4) is 0 Å². The Kier molecular flexibility index (Phi) is 3.12. The summed E-state index contributed by atoms with van der Waals surface area (Å²) in [6.45, 7) is 4.02. The first-order valence-corrected chi connectivity index (χ1v) is 6.10. The Hall–Kier alpha value is -1.12.